The van der Waals surface area contributed by atoms with Crippen molar-refractivity contribution in [2.75, 3.05) is 107 Å². The third kappa shape index (κ3) is 13.9. The zero-order valence-corrected chi connectivity index (χ0v) is 48.3. The van der Waals surface area contributed by atoms with E-state index in [0.29, 0.717) is 72.2 Å². The number of carboxylic acid groups (broad SMARTS) is 1. The monoisotopic (exact) mass is 1090 g/mol. The zero-order valence-electron chi connectivity index (χ0n) is 48.3. The Morgan fingerprint density at radius 2 is 1.16 bits per heavy atom. The Kier molecular flexibility index (Phi) is 18.7. The first-order valence-corrected chi connectivity index (χ1v) is 28.3. The van der Waals surface area contributed by atoms with Crippen LogP contribution in [-0.4, -0.2) is 164 Å². The number of aromatic carboxylic acids is 1. The Bertz CT molecular complexity index is 2790. The number of nitrogens with one attached hydrogen (secondary N) is 2. The molecule has 0 spiro atoms. The van der Waals surface area contributed by atoms with Gasteiger partial charge in [0, 0.05) is 68.9 Å². The number of carbonyl (C=O) groups excluding carboxylic acids is 3. The van der Waals surface area contributed by atoms with E-state index in [4.69, 9.17) is 25.2 Å². The quantitative estimate of drug-likeness (QED) is 0.115. The van der Waals surface area contributed by atoms with Gasteiger partial charge < -0.3 is 60.3 Å². The molecule has 79 heavy (non-hydrogen) atoms. The fourth-order valence-corrected chi connectivity index (χ4v) is 11.8. The summed E-state index contributed by atoms with van der Waals surface area (Å²) in [6, 6.07) is 11.5. The number of amides is 3. The lowest BCUT2D eigenvalue weighted by atomic mass is 9.91. The van der Waals surface area contributed by atoms with E-state index in [2.05, 4.69) is 54.3 Å². The van der Waals surface area contributed by atoms with E-state index < -0.39 is 16.8 Å². The minimum atomic E-state index is -1.00. The Labute approximate surface area is 466 Å². The summed E-state index contributed by atoms with van der Waals surface area (Å²) in [5.41, 5.74) is 8.23. The van der Waals surface area contributed by atoms with Crippen LogP contribution in [0.15, 0.2) is 48.8 Å². The molecule has 20 heteroatoms. The first-order chi connectivity index (χ1) is 37.7. The van der Waals surface area contributed by atoms with Crippen molar-refractivity contribution in [1.82, 2.24) is 35.1 Å². The van der Waals surface area contributed by atoms with E-state index in [1.165, 1.54) is 64.8 Å². The lowest BCUT2D eigenvalue weighted by Gasteiger charge is -2.34. The molecule has 2 aliphatic carbocycles. The number of aromatic nitrogens is 4. The maximum Gasteiger partial charge on any atom is 0.335 e. The highest BCUT2D eigenvalue weighted by Gasteiger charge is 2.43. The molecule has 6 heterocycles. The molecule has 20 nitrogen and oxygen atoms in total. The number of hydrogen-bond acceptors (Lipinski definition) is 16. The van der Waals surface area contributed by atoms with E-state index >= 15 is 0 Å². The summed E-state index contributed by atoms with van der Waals surface area (Å²) < 4.78 is 11.1. The number of carboxylic acids is 1. The number of benzene rings is 2. The van der Waals surface area contributed by atoms with Gasteiger partial charge in [0.15, 0.2) is 11.6 Å². The SMILES string of the molecule is CN1CCC(N)CC1.COc1cc(C(=O)NC2CCN(C)CC2)ccc1Nc1ncc2c(n1)N(C1CCCC1)CC(C)(C)C(=O)N2C.COc1cc(C(=O)O)ccc1Cc1ncc2c(n1)N(C1CCCC1)CC(C)(C)C(=O)N2C. The topological polar surface area (TPSA) is 228 Å². The van der Waals surface area contributed by atoms with Gasteiger partial charge in [0.1, 0.15) is 28.7 Å². The van der Waals surface area contributed by atoms with Crippen LogP contribution in [0.1, 0.15) is 137 Å². The molecule has 2 saturated heterocycles. The van der Waals surface area contributed by atoms with Gasteiger partial charge in [0.2, 0.25) is 17.8 Å². The standard InChI is InChI=1S/C29H41N7O3.C24H30N4O4.C6H14N2/c1-29(2)18-36(21-8-6-7-9-21)25-23(35(4)27(29)38)17-30-28(33-25)32-22-11-10-19(16-24(22)39-5)26(37)31-20-12-14-34(3)15-13-20;1-24(2)14-28(17-7-5-6-8-17)21-18(27(3)23(24)31)13-25-20(26-21)12-15-9-10-16(22(29)30)11-19(15)32-4;1-8-4-2-6(7)3-5-8/h10-11,16-17,20-21H,6-9,12-15,18H2,1-5H3,(H,31,37)(H,30,32,33);9-11,13,17H,5-8,12,14H2,1-4H3,(H,29,30);6H,2-5,7H2,1H3. The summed E-state index contributed by atoms with van der Waals surface area (Å²) in [4.78, 5) is 82.1. The van der Waals surface area contributed by atoms with Crippen molar-refractivity contribution in [3.8, 4) is 11.5 Å². The summed E-state index contributed by atoms with van der Waals surface area (Å²) in [7, 11) is 10.9. The number of nitrogens with zero attached hydrogens (tertiary/aromatic N) is 10. The first kappa shape index (κ1) is 58.5. The minimum Gasteiger partial charge on any atom is -0.496 e. The molecule has 428 valence electrons. The second kappa shape index (κ2) is 25.2. The summed E-state index contributed by atoms with van der Waals surface area (Å²) >= 11 is 0. The van der Waals surface area contributed by atoms with E-state index in [0.717, 1.165) is 80.2 Å². The molecule has 0 atom stereocenters. The van der Waals surface area contributed by atoms with E-state index in [1.54, 1.807) is 67.7 Å². The summed E-state index contributed by atoms with van der Waals surface area (Å²) in [6.07, 6.45) is 17.2. The summed E-state index contributed by atoms with van der Waals surface area (Å²) in [6.45, 7) is 13.5. The number of methoxy groups -OCH3 is 2. The number of likely N-dealkylation sites (tertiary alicyclic amines) is 2. The Morgan fingerprint density at radius 1 is 0.671 bits per heavy atom. The van der Waals surface area contributed by atoms with Crippen LogP contribution in [0.5, 0.6) is 11.5 Å². The molecule has 0 radical (unpaired) electrons. The second-order valence-corrected chi connectivity index (χ2v) is 23.8. The van der Waals surface area contributed by atoms with E-state index in [-0.39, 0.29) is 29.3 Å². The van der Waals surface area contributed by atoms with Crippen LogP contribution in [0, 0.1) is 10.8 Å². The predicted octanol–water partition coefficient (Wildman–Crippen LogP) is 7.37. The van der Waals surface area contributed by atoms with Gasteiger partial charge in [0.05, 0.1) is 48.7 Å². The van der Waals surface area contributed by atoms with E-state index in [1.807, 2.05) is 33.8 Å². The summed E-state index contributed by atoms with van der Waals surface area (Å²) in [5, 5.41) is 15.7. The zero-order chi connectivity index (χ0) is 56.8. The third-order valence-electron chi connectivity index (χ3n) is 16.7. The van der Waals surface area contributed by atoms with Crippen LogP contribution >= 0.6 is 0 Å². The summed E-state index contributed by atoms with van der Waals surface area (Å²) in [5.74, 6) is 2.63. The molecule has 5 N–H and O–H groups in total. The van der Waals surface area contributed by atoms with Gasteiger partial charge in [-0.1, -0.05) is 31.7 Å². The minimum absolute atomic E-state index is 0.0570. The molecule has 10 rings (SSSR count). The van der Waals surface area contributed by atoms with Gasteiger partial charge in [-0.25, -0.2) is 19.7 Å². The number of nitrogens with two attached hydrogens (primary N) is 1. The van der Waals surface area contributed by atoms with Crippen molar-refractivity contribution in [3.05, 3.63) is 71.3 Å². The van der Waals surface area contributed by atoms with Crippen LogP contribution in [0.25, 0.3) is 0 Å². The number of fused-ring (bicyclic) bond motifs is 2. The lowest BCUT2D eigenvalue weighted by Crippen LogP contribution is -2.45. The van der Waals surface area contributed by atoms with Crippen LogP contribution in [0.2, 0.25) is 0 Å². The average molecular weight is 1090 g/mol. The molecule has 0 bridgehead atoms. The maximum absolute atomic E-state index is 13.3. The Morgan fingerprint density at radius 3 is 1.68 bits per heavy atom. The smallest absolute Gasteiger partial charge is 0.335 e. The fourth-order valence-electron chi connectivity index (χ4n) is 11.8. The first-order valence-electron chi connectivity index (χ1n) is 28.3. The van der Waals surface area contributed by atoms with Crippen molar-refractivity contribution in [1.29, 1.82) is 0 Å². The Hall–Kier alpha value is -6.64. The van der Waals surface area contributed by atoms with Gasteiger partial charge in [0.25, 0.3) is 5.91 Å². The highest BCUT2D eigenvalue weighted by molar-refractivity contribution is 6.02. The molecule has 4 aliphatic heterocycles. The van der Waals surface area contributed by atoms with Crippen LogP contribution in [0.4, 0.5) is 34.6 Å². The Balaban J connectivity index is 0.000000185. The molecule has 4 fully saturated rings. The van der Waals surface area contributed by atoms with Gasteiger partial charge in [-0.15, -0.1) is 0 Å². The van der Waals surface area contributed by atoms with Crippen molar-refractivity contribution >= 4 is 58.3 Å². The molecule has 0 unspecified atom stereocenters. The number of carbonyl (C=O) groups is 4. The van der Waals surface area contributed by atoms with Crippen molar-refractivity contribution in [2.24, 2.45) is 16.6 Å². The lowest BCUT2D eigenvalue weighted by molar-refractivity contribution is -0.126. The number of rotatable bonds is 11. The molecular weight excluding hydrogens is 1000 g/mol. The van der Waals surface area contributed by atoms with Gasteiger partial charge >= 0.3 is 5.97 Å². The van der Waals surface area contributed by atoms with Crippen LogP contribution < -0.4 is 45.4 Å². The largest absolute Gasteiger partial charge is 0.496 e. The van der Waals surface area contributed by atoms with Gasteiger partial charge in [-0.2, -0.15) is 4.98 Å². The normalized spacial score (nSPS) is 20.2. The molecule has 2 aromatic carbocycles. The van der Waals surface area contributed by atoms with Crippen molar-refractivity contribution in [2.45, 2.75) is 135 Å². The fraction of sp³-hybridized carbons (Fsp3) is 0.593. The third-order valence-corrected chi connectivity index (χ3v) is 16.7. The average Bonchev–Trinajstić information content (AvgIpc) is 4.20. The number of piperidine rings is 2. The van der Waals surface area contributed by atoms with Gasteiger partial charge in [-0.05, 0) is 150 Å². The molecule has 3 amide bonds. The van der Waals surface area contributed by atoms with Crippen molar-refractivity contribution in [3.63, 3.8) is 0 Å². The predicted molar refractivity (Wildman–Crippen MR) is 309 cm³/mol. The molecule has 6 aliphatic rings. The molecule has 2 saturated carbocycles. The number of ether oxygens (including phenoxy) is 2. The van der Waals surface area contributed by atoms with Crippen molar-refractivity contribution < 1.29 is 33.8 Å². The second-order valence-electron chi connectivity index (χ2n) is 23.8. The molecular formula is C59H85N13O7. The molecule has 4 aromatic rings. The van der Waals surface area contributed by atoms with Gasteiger partial charge in [-0.3, -0.25) is 14.4 Å². The number of hydrogen-bond donors (Lipinski definition) is 4. The van der Waals surface area contributed by atoms with E-state index in [9.17, 15) is 24.3 Å². The van der Waals surface area contributed by atoms with Crippen LogP contribution in [-0.2, 0) is 16.0 Å². The molecule has 2 aromatic heterocycles. The van der Waals surface area contributed by atoms with Crippen LogP contribution in [0.3, 0.4) is 0 Å². The maximum atomic E-state index is 13.3. The highest BCUT2D eigenvalue weighted by Crippen LogP contribution is 2.42. The highest BCUT2D eigenvalue weighted by atomic mass is 16.5. The number of anilines is 6.